The normalized spacial score (nSPS) is 12.7. The molecule has 0 aromatic carbocycles. The summed E-state index contributed by atoms with van der Waals surface area (Å²) < 4.78 is 5.47. The van der Waals surface area contributed by atoms with Gasteiger partial charge in [0.2, 0.25) is 5.91 Å². The van der Waals surface area contributed by atoms with Gasteiger partial charge in [0.1, 0.15) is 0 Å². The van der Waals surface area contributed by atoms with Crippen molar-refractivity contribution in [1.82, 2.24) is 5.32 Å². The first kappa shape index (κ1) is 59.6. The Balaban J connectivity index is 3.44. The average molecular weight is 862 g/mol. The zero-order valence-corrected chi connectivity index (χ0v) is 41.2. The lowest BCUT2D eigenvalue weighted by molar-refractivity contribution is -0.143. The first-order valence-corrected chi connectivity index (χ1v) is 27.4. The number of unbranched alkanes of at least 4 members (excludes halogenated alkanes) is 38. The van der Waals surface area contributed by atoms with Crippen LogP contribution in [0.25, 0.3) is 0 Å². The first-order valence-electron chi connectivity index (χ1n) is 27.4. The number of esters is 1. The molecule has 6 heteroatoms. The van der Waals surface area contributed by atoms with E-state index in [1.54, 1.807) is 0 Å². The van der Waals surface area contributed by atoms with E-state index < -0.39 is 12.1 Å². The average Bonchev–Trinajstić information content (AvgIpc) is 3.26. The Bertz CT molecular complexity index is 909. The molecule has 2 unspecified atom stereocenters. The maximum Gasteiger partial charge on any atom is 0.305 e. The fraction of sp³-hybridized carbons (Fsp3) is 0.927. The van der Waals surface area contributed by atoms with Crippen LogP contribution in [0.1, 0.15) is 303 Å². The summed E-state index contributed by atoms with van der Waals surface area (Å²) in [5.41, 5.74) is 0. The molecule has 0 fully saturated rings. The summed E-state index contributed by atoms with van der Waals surface area (Å²) in [6.07, 6.45) is 59.0. The number of nitrogens with one attached hydrogen (secondary N) is 1. The van der Waals surface area contributed by atoms with Crippen molar-refractivity contribution in [2.24, 2.45) is 0 Å². The molecule has 0 radical (unpaired) electrons. The van der Waals surface area contributed by atoms with Crippen LogP contribution in [-0.4, -0.2) is 47.4 Å². The molecule has 0 bridgehead atoms. The number of amides is 1. The lowest BCUT2D eigenvalue weighted by Crippen LogP contribution is -2.45. The molecule has 61 heavy (non-hydrogen) atoms. The van der Waals surface area contributed by atoms with Crippen LogP contribution >= 0.6 is 0 Å². The zero-order valence-electron chi connectivity index (χ0n) is 41.2. The van der Waals surface area contributed by atoms with Gasteiger partial charge in [0.05, 0.1) is 25.4 Å². The van der Waals surface area contributed by atoms with E-state index in [9.17, 15) is 19.8 Å². The summed E-state index contributed by atoms with van der Waals surface area (Å²) in [4.78, 5) is 24.5. The minimum atomic E-state index is -0.673. The molecule has 0 aromatic heterocycles. The van der Waals surface area contributed by atoms with Crippen molar-refractivity contribution in [1.29, 1.82) is 0 Å². The van der Waals surface area contributed by atoms with Gasteiger partial charge in [-0.3, -0.25) is 9.59 Å². The fourth-order valence-corrected chi connectivity index (χ4v) is 8.58. The summed E-state index contributed by atoms with van der Waals surface area (Å²) in [5.74, 6) is -0.0610. The molecule has 362 valence electrons. The van der Waals surface area contributed by atoms with Gasteiger partial charge in [0.15, 0.2) is 0 Å². The van der Waals surface area contributed by atoms with Crippen LogP contribution in [0.5, 0.6) is 0 Å². The van der Waals surface area contributed by atoms with Gasteiger partial charge >= 0.3 is 5.97 Å². The van der Waals surface area contributed by atoms with Crippen LogP contribution in [0.2, 0.25) is 0 Å². The second-order valence-electron chi connectivity index (χ2n) is 18.9. The molecule has 0 aliphatic rings. The highest BCUT2D eigenvalue weighted by molar-refractivity contribution is 5.76. The molecule has 0 saturated carbocycles. The molecular formula is C55H107NO5. The van der Waals surface area contributed by atoms with Gasteiger partial charge in [-0.15, -0.1) is 0 Å². The Morgan fingerprint density at radius 2 is 0.770 bits per heavy atom. The third-order valence-electron chi connectivity index (χ3n) is 12.8. The second kappa shape index (κ2) is 51.2. The summed E-state index contributed by atoms with van der Waals surface area (Å²) >= 11 is 0. The minimum Gasteiger partial charge on any atom is -0.466 e. The third kappa shape index (κ3) is 47.9. The first-order chi connectivity index (χ1) is 30.0. The number of carbonyl (C=O) groups is 2. The summed E-state index contributed by atoms with van der Waals surface area (Å²) in [5, 5.41) is 23.2. The van der Waals surface area contributed by atoms with Crippen molar-refractivity contribution in [3.63, 3.8) is 0 Å². The molecule has 0 aromatic rings. The van der Waals surface area contributed by atoms with Crippen LogP contribution in [0, 0.1) is 0 Å². The van der Waals surface area contributed by atoms with Gasteiger partial charge < -0.3 is 20.3 Å². The molecule has 0 saturated heterocycles. The van der Waals surface area contributed by atoms with E-state index in [1.165, 1.54) is 212 Å². The maximum absolute atomic E-state index is 12.5. The summed E-state index contributed by atoms with van der Waals surface area (Å²) in [7, 11) is 0. The van der Waals surface area contributed by atoms with E-state index in [-0.39, 0.29) is 18.5 Å². The lowest BCUT2D eigenvalue weighted by atomic mass is 10.0. The fourth-order valence-electron chi connectivity index (χ4n) is 8.58. The van der Waals surface area contributed by atoms with Gasteiger partial charge in [-0.2, -0.15) is 0 Å². The number of hydrogen-bond acceptors (Lipinski definition) is 5. The van der Waals surface area contributed by atoms with Crippen LogP contribution < -0.4 is 5.32 Å². The molecule has 0 aliphatic heterocycles. The van der Waals surface area contributed by atoms with Crippen LogP contribution in [0.4, 0.5) is 0 Å². The van der Waals surface area contributed by atoms with Crippen molar-refractivity contribution in [2.45, 2.75) is 315 Å². The number of hydrogen-bond donors (Lipinski definition) is 3. The molecule has 2 atom stereocenters. The summed E-state index contributed by atoms with van der Waals surface area (Å²) in [6.45, 7) is 4.93. The largest absolute Gasteiger partial charge is 0.466 e. The van der Waals surface area contributed by atoms with Gasteiger partial charge in [-0.05, 0) is 51.4 Å². The number of ether oxygens (including phenoxy) is 1. The minimum absolute atomic E-state index is 0.0116. The Kier molecular flexibility index (Phi) is 50.1. The molecule has 3 N–H and O–H groups in total. The monoisotopic (exact) mass is 862 g/mol. The number of rotatable bonds is 51. The van der Waals surface area contributed by atoms with Crippen LogP contribution in [0.3, 0.4) is 0 Å². The van der Waals surface area contributed by atoms with Crippen LogP contribution in [-0.2, 0) is 14.3 Å². The number of aliphatic hydroxyl groups is 2. The van der Waals surface area contributed by atoms with Crippen molar-refractivity contribution in [3.8, 4) is 0 Å². The lowest BCUT2D eigenvalue weighted by Gasteiger charge is -2.22. The predicted octanol–water partition coefficient (Wildman–Crippen LogP) is 16.5. The molecule has 0 heterocycles. The number of aliphatic hydroxyl groups excluding tert-OH is 2. The van der Waals surface area contributed by atoms with E-state index >= 15 is 0 Å². The zero-order chi connectivity index (χ0) is 44.4. The number of allylic oxidation sites excluding steroid dienone is 2. The maximum atomic E-state index is 12.5. The predicted molar refractivity (Wildman–Crippen MR) is 264 cm³/mol. The standard InChI is InChI=1S/C55H107NO5/c1-3-5-7-9-11-13-15-17-19-20-21-22-24-29-33-37-41-45-49-55(60)61-50-46-42-38-34-30-26-25-28-32-36-40-44-48-54(59)56-52(51-57)53(58)47-43-39-35-31-27-23-18-16-14-12-10-8-6-4-2/h19-20,52-53,57-58H,3-18,21-51H2,1-2H3,(H,56,59)/b20-19-. The molecule has 6 nitrogen and oxygen atoms in total. The van der Waals surface area contributed by atoms with Crippen molar-refractivity contribution in [2.75, 3.05) is 13.2 Å². The van der Waals surface area contributed by atoms with E-state index in [0.717, 1.165) is 57.8 Å². The van der Waals surface area contributed by atoms with E-state index in [0.29, 0.717) is 25.9 Å². The van der Waals surface area contributed by atoms with E-state index in [1.807, 2.05) is 0 Å². The smallest absolute Gasteiger partial charge is 0.305 e. The molecular weight excluding hydrogens is 755 g/mol. The summed E-state index contributed by atoms with van der Waals surface area (Å²) in [6, 6.07) is -0.552. The Morgan fingerprint density at radius 1 is 0.443 bits per heavy atom. The highest BCUT2D eigenvalue weighted by Gasteiger charge is 2.20. The second-order valence-corrected chi connectivity index (χ2v) is 18.9. The Labute approximate surface area is 380 Å². The van der Waals surface area contributed by atoms with Gasteiger partial charge in [0.25, 0.3) is 0 Å². The molecule has 0 aliphatic carbocycles. The highest BCUT2D eigenvalue weighted by atomic mass is 16.5. The number of carbonyl (C=O) groups excluding carboxylic acids is 2. The SMILES string of the molecule is CCCCCCCCC/C=C\CCCCCCCCCC(=O)OCCCCCCCCCCCCCCC(=O)NC(CO)C(O)CCCCCCCCCCCCCCCC. The topological polar surface area (TPSA) is 95.9 Å². The van der Waals surface area contributed by atoms with Gasteiger partial charge in [-0.25, -0.2) is 0 Å². The highest BCUT2D eigenvalue weighted by Crippen LogP contribution is 2.17. The van der Waals surface area contributed by atoms with Gasteiger partial charge in [0, 0.05) is 12.8 Å². The van der Waals surface area contributed by atoms with Crippen molar-refractivity contribution >= 4 is 11.9 Å². The van der Waals surface area contributed by atoms with Crippen molar-refractivity contribution < 1.29 is 24.5 Å². The van der Waals surface area contributed by atoms with Gasteiger partial charge in [-0.1, -0.05) is 251 Å². The molecule has 1 amide bonds. The van der Waals surface area contributed by atoms with Crippen LogP contribution in [0.15, 0.2) is 12.2 Å². The van der Waals surface area contributed by atoms with E-state index in [2.05, 4.69) is 31.3 Å². The third-order valence-corrected chi connectivity index (χ3v) is 12.8. The molecule has 0 spiro atoms. The van der Waals surface area contributed by atoms with E-state index in [4.69, 9.17) is 4.74 Å². The Morgan fingerprint density at radius 3 is 1.16 bits per heavy atom. The molecule has 0 rings (SSSR count). The van der Waals surface area contributed by atoms with Crippen molar-refractivity contribution in [3.05, 3.63) is 12.2 Å². The quantitative estimate of drug-likeness (QED) is 0.0322. The Hall–Kier alpha value is -1.40.